The predicted octanol–water partition coefficient (Wildman–Crippen LogP) is 7.99. The first-order valence-corrected chi connectivity index (χ1v) is 11.3. The van der Waals surface area contributed by atoms with E-state index in [1.165, 1.54) is 43.3 Å². The molecule has 0 bridgehead atoms. The zero-order valence-corrected chi connectivity index (χ0v) is 18.2. The molecule has 0 saturated carbocycles. The number of rotatable bonds is 8. The van der Waals surface area contributed by atoms with E-state index in [0.717, 1.165) is 19.4 Å². The molecule has 0 unspecified atom stereocenters. The van der Waals surface area contributed by atoms with Gasteiger partial charge in [-0.05, 0) is 58.9 Å². The summed E-state index contributed by atoms with van der Waals surface area (Å²) in [5, 5.41) is 3.70. The Morgan fingerprint density at radius 2 is 1.50 bits per heavy atom. The molecule has 0 aliphatic heterocycles. The van der Waals surface area contributed by atoms with E-state index in [1.807, 2.05) is 17.4 Å². The normalized spacial score (nSPS) is 10.7. The van der Waals surface area contributed by atoms with Gasteiger partial charge in [-0.3, -0.25) is 0 Å². The molecule has 0 amide bonds. The van der Waals surface area contributed by atoms with Crippen LogP contribution in [-0.4, -0.2) is 0 Å². The molecule has 4 rings (SSSR count). The summed E-state index contributed by atoms with van der Waals surface area (Å²) in [7, 11) is 0. The van der Waals surface area contributed by atoms with Crippen molar-refractivity contribution in [2.45, 2.75) is 26.3 Å². The van der Waals surface area contributed by atoms with Crippen molar-refractivity contribution in [3.8, 4) is 21.6 Å². The maximum Gasteiger partial charge on any atom is 0.0494 e. The topological polar surface area (TPSA) is 12.0 Å². The molecule has 0 radical (unpaired) electrons. The zero-order chi connectivity index (χ0) is 20.8. The van der Waals surface area contributed by atoms with Crippen LogP contribution < -0.4 is 5.32 Å². The fourth-order valence-electron chi connectivity index (χ4n) is 3.94. The highest BCUT2D eigenvalue weighted by Gasteiger charge is 2.13. The van der Waals surface area contributed by atoms with Crippen molar-refractivity contribution in [1.29, 1.82) is 0 Å². The van der Waals surface area contributed by atoms with Gasteiger partial charge < -0.3 is 5.32 Å². The predicted molar refractivity (Wildman–Crippen MR) is 132 cm³/mol. The molecule has 1 heterocycles. The quantitative estimate of drug-likeness (QED) is 0.291. The van der Waals surface area contributed by atoms with Gasteiger partial charge in [-0.15, -0.1) is 17.9 Å². The van der Waals surface area contributed by atoms with Crippen LogP contribution in [0.2, 0.25) is 0 Å². The van der Waals surface area contributed by atoms with Gasteiger partial charge in [0.05, 0.1) is 0 Å². The lowest BCUT2D eigenvalue weighted by Gasteiger charge is -2.18. The van der Waals surface area contributed by atoms with Crippen molar-refractivity contribution >= 4 is 17.0 Å². The molecule has 0 fully saturated rings. The SMILES string of the molecule is C=CCc1c(-c2ccccc2)ccc(NCc2ccc(-c3ccccc3)s2)c1CC. The second-order valence-electron chi connectivity index (χ2n) is 7.32. The molecule has 4 aromatic rings. The standard InChI is InChI=1S/C28H27NS/c1-3-11-26-24(4-2)27(18-17-25(26)21-12-7-5-8-13-21)29-20-23-16-19-28(30-23)22-14-9-6-10-15-22/h3,5-10,12-19,29H,1,4,11,20H2,2H3. The number of benzene rings is 3. The van der Waals surface area contributed by atoms with E-state index in [0.29, 0.717) is 0 Å². The maximum absolute atomic E-state index is 4.00. The van der Waals surface area contributed by atoms with Crippen LogP contribution in [0.3, 0.4) is 0 Å². The van der Waals surface area contributed by atoms with Crippen molar-refractivity contribution in [1.82, 2.24) is 0 Å². The molecule has 0 saturated heterocycles. The van der Waals surface area contributed by atoms with Crippen molar-refractivity contribution in [3.63, 3.8) is 0 Å². The monoisotopic (exact) mass is 409 g/mol. The summed E-state index contributed by atoms with van der Waals surface area (Å²) < 4.78 is 0. The Labute approximate surface area is 183 Å². The van der Waals surface area contributed by atoms with Gasteiger partial charge in [-0.1, -0.05) is 79.7 Å². The van der Waals surface area contributed by atoms with Gasteiger partial charge in [-0.2, -0.15) is 0 Å². The minimum Gasteiger partial charge on any atom is -0.380 e. The van der Waals surface area contributed by atoms with Gasteiger partial charge >= 0.3 is 0 Å². The number of hydrogen-bond acceptors (Lipinski definition) is 2. The Morgan fingerprint density at radius 3 is 2.17 bits per heavy atom. The van der Waals surface area contributed by atoms with Crippen LogP contribution in [0, 0.1) is 0 Å². The van der Waals surface area contributed by atoms with Crippen LogP contribution in [0.1, 0.15) is 22.9 Å². The minimum atomic E-state index is 0.836. The molecular formula is C28H27NS. The third-order valence-corrected chi connectivity index (χ3v) is 6.53. The summed E-state index contributed by atoms with van der Waals surface area (Å²) in [6.07, 6.45) is 3.88. The highest BCUT2D eigenvalue weighted by Crippen LogP contribution is 2.33. The van der Waals surface area contributed by atoms with E-state index >= 15 is 0 Å². The fourth-order valence-corrected chi connectivity index (χ4v) is 4.89. The summed E-state index contributed by atoms with van der Waals surface area (Å²) in [5.41, 5.74) is 7.84. The lowest BCUT2D eigenvalue weighted by molar-refractivity contribution is 1.06. The first-order valence-electron chi connectivity index (χ1n) is 10.5. The van der Waals surface area contributed by atoms with Gasteiger partial charge in [0.25, 0.3) is 0 Å². The molecule has 3 aromatic carbocycles. The van der Waals surface area contributed by atoms with Gasteiger partial charge in [0, 0.05) is 22.0 Å². The molecule has 1 N–H and O–H groups in total. The van der Waals surface area contributed by atoms with Gasteiger partial charge in [0.1, 0.15) is 0 Å². The molecule has 0 spiro atoms. The van der Waals surface area contributed by atoms with Crippen molar-refractivity contribution in [2.75, 3.05) is 5.32 Å². The molecule has 30 heavy (non-hydrogen) atoms. The van der Waals surface area contributed by atoms with Crippen LogP contribution in [-0.2, 0) is 19.4 Å². The molecule has 1 nitrogen and oxygen atoms in total. The minimum absolute atomic E-state index is 0.836. The molecule has 0 aliphatic rings. The Morgan fingerprint density at radius 1 is 0.800 bits per heavy atom. The van der Waals surface area contributed by atoms with E-state index in [2.05, 4.69) is 104 Å². The second kappa shape index (κ2) is 9.60. The highest BCUT2D eigenvalue weighted by molar-refractivity contribution is 7.15. The molecule has 2 heteroatoms. The van der Waals surface area contributed by atoms with Crippen LogP contribution in [0.4, 0.5) is 5.69 Å². The Balaban J connectivity index is 1.59. The molecule has 0 atom stereocenters. The summed E-state index contributed by atoms with van der Waals surface area (Å²) in [5.74, 6) is 0. The number of allylic oxidation sites excluding steroid dienone is 1. The Bertz CT molecular complexity index is 1110. The largest absolute Gasteiger partial charge is 0.380 e. The molecule has 1 aromatic heterocycles. The van der Waals surface area contributed by atoms with Gasteiger partial charge in [-0.25, -0.2) is 0 Å². The number of thiophene rings is 1. The maximum atomic E-state index is 4.00. The Hall–Kier alpha value is -3.10. The van der Waals surface area contributed by atoms with Crippen molar-refractivity contribution in [2.24, 2.45) is 0 Å². The fraction of sp³-hybridized carbons (Fsp3) is 0.143. The first-order chi connectivity index (χ1) is 14.8. The van der Waals surface area contributed by atoms with Crippen LogP contribution >= 0.6 is 11.3 Å². The average molecular weight is 410 g/mol. The number of hydrogen-bond donors (Lipinski definition) is 1. The average Bonchev–Trinajstić information content (AvgIpc) is 3.28. The van der Waals surface area contributed by atoms with E-state index in [4.69, 9.17) is 0 Å². The van der Waals surface area contributed by atoms with E-state index in [-0.39, 0.29) is 0 Å². The van der Waals surface area contributed by atoms with Crippen molar-refractivity contribution in [3.05, 3.63) is 114 Å². The molecular weight excluding hydrogens is 382 g/mol. The van der Waals surface area contributed by atoms with E-state index in [9.17, 15) is 0 Å². The van der Waals surface area contributed by atoms with Crippen LogP contribution in [0.25, 0.3) is 21.6 Å². The summed E-state index contributed by atoms with van der Waals surface area (Å²) >= 11 is 1.85. The number of anilines is 1. The molecule has 0 aliphatic carbocycles. The summed E-state index contributed by atoms with van der Waals surface area (Å²) in [4.78, 5) is 2.66. The first kappa shape index (κ1) is 20.2. The highest BCUT2D eigenvalue weighted by atomic mass is 32.1. The van der Waals surface area contributed by atoms with E-state index in [1.54, 1.807) is 0 Å². The molecule has 150 valence electrons. The third kappa shape index (κ3) is 4.39. The smallest absolute Gasteiger partial charge is 0.0494 e. The van der Waals surface area contributed by atoms with Crippen LogP contribution in [0.15, 0.2) is 97.6 Å². The lowest BCUT2D eigenvalue weighted by Crippen LogP contribution is -2.05. The zero-order valence-electron chi connectivity index (χ0n) is 17.4. The Kier molecular flexibility index (Phi) is 6.46. The lowest BCUT2D eigenvalue weighted by atomic mass is 9.91. The van der Waals surface area contributed by atoms with Gasteiger partial charge in [0.2, 0.25) is 0 Å². The third-order valence-electron chi connectivity index (χ3n) is 5.39. The summed E-state index contributed by atoms with van der Waals surface area (Å²) in [6, 6.07) is 30.2. The van der Waals surface area contributed by atoms with E-state index < -0.39 is 0 Å². The van der Waals surface area contributed by atoms with Gasteiger partial charge in [0.15, 0.2) is 0 Å². The number of nitrogens with one attached hydrogen (secondary N) is 1. The second-order valence-corrected chi connectivity index (χ2v) is 8.48. The van der Waals surface area contributed by atoms with Crippen molar-refractivity contribution < 1.29 is 0 Å². The summed E-state index contributed by atoms with van der Waals surface area (Å²) in [6.45, 7) is 7.07. The van der Waals surface area contributed by atoms with Crippen LogP contribution in [0.5, 0.6) is 0 Å².